The zero-order valence-corrected chi connectivity index (χ0v) is 16.8. The van der Waals surface area contributed by atoms with E-state index in [4.69, 9.17) is 4.74 Å². The molecular formula is C21H24N2O4S. The van der Waals surface area contributed by atoms with Crippen molar-refractivity contribution in [3.05, 3.63) is 59.1 Å². The predicted molar refractivity (Wildman–Crippen MR) is 109 cm³/mol. The van der Waals surface area contributed by atoms with Crippen LogP contribution < -0.4 is 10.1 Å². The Morgan fingerprint density at radius 3 is 2.39 bits per heavy atom. The van der Waals surface area contributed by atoms with Crippen molar-refractivity contribution in [3.8, 4) is 5.75 Å². The van der Waals surface area contributed by atoms with Crippen LogP contribution in [0.15, 0.2) is 48.5 Å². The lowest BCUT2D eigenvalue weighted by Crippen LogP contribution is -2.41. The van der Waals surface area contributed by atoms with Crippen LogP contribution in [0.3, 0.4) is 0 Å². The van der Waals surface area contributed by atoms with Crippen LogP contribution in [0.5, 0.6) is 5.75 Å². The molecule has 0 aliphatic carbocycles. The van der Waals surface area contributed by atoms with Crippen LogP contribution in [0.1, 0.15) is 36.6 Å². The van der Waals surface area contributed by atoms with E-state index in [2.05, 4.69) is 10.3 Å². The van der Waals surface area contributed by atoms with Gasteiger partial charge in [-0.15, -0.1) is 11.3 Å². The van der Waals surface area contributed by atoms with E-state index in [1.54, 1.807) is 7.11 Å². The summed E-state index contributed by atoms with van der Waals surface area (Å²) in [7, 11) is 1.59. The Bertz CT molecular complexity index is 906. The Labute approximate surface area is 167 Å². The lowest BCUT2D eigenvalue weighted by atomic mass is 9.95. The monoisotopic (exact) mass is 400 g/mol. The lowest BCUT2D eigenvalue weighted by Gasteiger charge is -2.25. The van der Waals surface area contributed by atoms with Crippen molar-refractivity contribution in [3.63, 3.8) is 0 Å². The summed E-state index contributed by atoms with van der Waals surface area (Å²) in [5.74, 6) is 0.175. The van der Waals surface area contributed by atoms with Gasteiger partial charge in [0.2, 0.25) is 0 Å². The fourth-order valence-electron chi connectivity index (χ4n) is 2.98. The Kier molecular flexibility index (Phi) is 6.28. The van der Waals surface area contributed by atoms with Crippen LogP contribution >= 0.6 is 11.3 Å². The summed E-state index contributed by atoms with van der Waals surface area (Å²) in [5, 5.41) is 24.0. The number of rotatable bonds is 7. The summed E-state index contributed by atoms with van der Waals surface area (Å²) in [6, 6.07) is 14.5. The molecule has 7 heteroatoms. The Morgan fingerprint density at radius 1 is 1.11 bits per heavy atom. The van der Waals surface area contributed by atoms with Gasteiger partial charge in [0.15, 0.2) is 6.10 Å². The second-order valence-electron chi connectivity index (χ2n) is 6.91. The molecule has 0 fully saturated rings. The standard InChI is InChI=1S/C21H24N2O4S/c1-12(2)17(13-8-10-14(27-3)11-9-13)23-20(26)18(24)19(25)21-22-15-6-4-5-7-16(15)28-21/h4-12,17-19,24-25H,1-3H3,(H,23,26). The Balaban J connectivity index is 1.74. The Morgan fingerprint density at radius 2 is 1.79 bits per heavy atom. The highest BCUT2D eigenvalue weighted by Crippen LogP contribution is 2.29. The molecule has 0 aliphatic heterocycles. The number of aliphatic hydroxyl groups is 2. The molecule has 3 N–H and O–H groups in total. The normalized spacial score (nSPS) is 14.6. The third-order valence-corrected chi connectivity index (χ3v) is 5.68. The minimum atomic E-state index is -1.61. The van der Waals surface area contributed by atoms with Crippen LogP contribution in [0, 0.1) is 5.92 Å². The number of fused-ring (bicyclic) bond motifs is 1. The van der Waals surface area contributed by atoms with Gasteiger partial charge in [-0.25, -0.2) is 4.98 Å². The van der Waals surface area contributed by atoms with Crippen molar-refractivity contribution in [2.75, 3.05) is 7.11 Å². The van der Waals surface area contributed by atoms with E-state index in [0.29, 0.717) is 5.01 Å². The van der Waals surface area contributed by atoms with Crippen molar-refractivity contribution in [1.29, 1.82) is 0 Å². The quantitative estimate of drug-likeness (QED) is 0.566. The highest BCUT2D eigenvalue weighted by atomic mass is 32.1. The van der Waals surface area contributed by atoms with Crippen LogP contribution in [-0.4, -0.2) is 34.3 Å². The van der Waals surface area contributed by atoms with E-state index in [1.807, 2.05) is 62.4 Å². The predicted octanol–water partition coefficient (Wildman–Crippen LogP) is 3.21. The summed E-state index contributed by atoms with van der Waals surface area (Å²) in [5.41, 5.74) is 1.62. The third kappa shape index (κ3) is 4.32. The van der Waals surface area contributed by atoms with Gasteiger partial charge in [-0.1, -0.05) is 38.1 Å². The number of ether oxygens (including phenoxy) is 1. The molecule has 2 aromatic carbocycles. The summed E-state index contributed by atoms with van der Waals surface area (Å²) < 4.78 is 6.06. The number of para-hydroxylation sites is 1. The number of nitrogens with zero attached hydrogens (tertiary/aromatic N) is 1. The van der Waals surface area contributed by atoms with Gasteiger partial charge < -0.3 is 20.3 Å². The number of carbonyl (C=O) groups is 1. The van der Waals surface area contributed by atoms with E-state index in [-0.39, 0.29) is 12.0 Å². The summed E-state index contributed by atoms with van der Waals surface area (Å²) in [6.07, 6.45) is -3.00. The first-order valence-electron chi connectivity index (χ1n) is 9.06. The third-order valence-electron chi connectivity index (χ3n) is 4.57. The number of benzene rings is 2. The number of aliphatic hydroxyl groups excluding tert-OH is 2. The van der Waals surface area contributed by atoms with Gasteiger partial charge in [-0.05, 0) is 35.7 Å². The summed E-state index contributed by atoms with van der Waals surface area (Å²) in [4.78, 5) is 16.9. The van der Waals surface area contributed by atoms with Gasteiger partial charge in [0, 0.05) is 0 Å². The topological polar surface area (TPSA) is 91.7 Å². The molecule has 0 spiro atoms. The zero-order valence-electron chi connectivity index (χ0n) is 16.0. The first-order valence-corrected chi connectivity index (χ1v) is 9.88. The smallest absolute Gasteiger partial charge is 0.252 e. The number of thiazole rings is 1. The van der Waals surface area contributed by atoms with Crippen molar-refractivity contribution in [1.82, 2.24) is 10.3 Å². The number of hydrogen-bond acceptors (Lipinski definition) is 6. The Hall–Kier alpha value is -2.48. The van der Waals surface area contributed by atoms with E-state index < -0.39 is 18.1 Å². The fraction of sp³-hybridized carbons (Fsp3) is 0.333. The highest BCUT2D eigenvalue weighted by molar-refractivity contribution is 7.18. The average Bonchev–Trinajstić information content (AvgIpc) is 3.14. The van der Waals surface area contributed by atoms with Gasteiger partial charge in [-0.3, -0.25) is 4.79 Å². The maximum absolute atomic E-state index is 12.6. The minimum Gasteiger partial charge on any atom is -0.497 e. The maximum atomic E-state index is 12.6. The fourth-order valence-corrected chi connectivity index (χ4v) is 3.96. The molecule has 28 heavy (non-hydrogen) atoms. The lowest BCUT2D eigenvalue weighted by molar-refractivity contribution is -0.136. The molecule has 0 bridgehead atoms. The van der Waals surface area contributed by atoms with Gasteiger partial charge in [-0.2, -0.15) is 0 Å². The van der Waals surface area contributed by atoms with Gasteiger partial charge in [0.05, 0.1) is 23.4 Å². The molecule has 0 aliphatic rings. The number of nitrogens with one attached hydrogen (secondary N) is 1. The second-order valence-corrected chi connectivity index (χ2v) is 7.98. The average molecular weight is 401 g/mol. The first kappa shape index (κ1) is 20.3. The molecule has 0 saturated carbocycles. The molecule has 1 aromatic heterocycles. The molecule has 1 heterocycles. The van der Waals surface area contributed by atoms with Crippen LogP contribution in [-0.2, 0) is 4.79 Å². The number of hydrogen-bond donors (Lipinski definition) is 3. The van der Waals surface area contributed by atoms with E-state index in [1.165, 1.54) is 11.3 Å². The molecular weight excluding hydrogens is 376 g/mol. The summed E-state index contributed by atoms with van der Waals surface area (Å²) in [6.45, 7) is 3.96. The van der Waals surface area contributed by atoms with Crippen molar-refractivity contribution >= 4 is 27.5 Å². The molecule has 148 valence electrons. The van der Waals surface area contributed by atoms with Crippen molar-refractivity contribution < 1.29 is 19.7 Å². The zero-order chi connectivity index (χ0) is 20.3. The second kappa shape index (κ2) is 8.68. The largest absolute Gasteiger partial charge is 0.497 e. The van der Waals surface area contributed by atoms with E-state index in [0.717, 1.165) is 21.5 Å². The molecule has 6 nitrogen and oxygen atoms in total. The van der Waals surface area contributed by atoms with E-state index >= 15 is 0 Å². The van der Waals surface area contributed by atoms with Crippen molar-refractivity contribution in [2.24, 2.45) is 5.92 Å². The molecule has 3 rings (SSSR count). The van der Waals surface area contributed by atoms with Gasteiger partial charge in [0.25, 0.3) is 5.91 Å². The first-order chi connectivity index (χ1) is 13.4. The molecule has 0 saturated heterocycles. The molecule has 3 unspecified atom stereocenters. The number of carbonyl (C=O) groups excluding carboxylic acids is 1. The van der Waals surface area contributed by atoms with Crippen LogP contribution in [0.25, 0.3) is 10.2 Å². The van der Waals surface area contributed by atoms with Gasteiger partial charge >= 0.3 is 0 Å². The molecule has 3 aromatic rings. The molecule has 1 amide bonds. The summed E-state index contributed by atoms with van der Waals surface area (Å²) >= 11 is 1.26. The molecule has 0 radical (unpaired) electrons. The highest BCUT2D eigenvalue weighted by Gasteiger charge is 2.30. The van der Waals surface area contributed by atoms with Gasteiger partial charge in [0.1, 0.15) is 16.9 Å². The van der Waals surface area contributed by atoms with Crippen LogP contribution in [0.4, 0.5) is 0 Å². The van der Waals surface area contributed by atoms with E-state index in [9.17, 15) is 15.0 Å². The SMILES string of the molecule is COc1ccc(C(NC(=O)C(O)C(O)c2nc3ccccc3s2)C(C)C)cc1. The van der Waals surface area contributed by atoms with Crippen molar-refractivity contribution in [2.45, 2.75) is 32.1 Å². The minimum absolute atomic E-state index is 0.0872. The number of amides is 1. The van der Waals surface area contributed by atoms with Crippen LogP contribution in [0.2, 0.25) is 0 Å². The number of methoxy groups -OCH3 is 1. The maximum Gasteiger partial charge on any atom is 0.252 e. The molecule has 3 atom stereocenters. The number of aromatic nitrogens is 1.